The molecule has 0 radical (unpaired) electrons. The Kier molecular flexibility index (Phi) is 12.5. The summed E-state index contributed by atoms with van der Waals surface area (Å²) < 4.78 is -0.305. The first-order chi connectivity index (χ1) is 19.6. The third kappa shape index (κ3) is 8.62. The fraction of sp³-hybridized carbons (Fsp3) is 0.441. The van der Waals surface area contributed by atoms with E-state index in [9.17, 15) is 4.79 Å². The molecule has 214 valence electrons. The highest BCUT2D eigenvalue weighted by atomic mass is 32.2. The molecule has 4 rings (SSSR count). The number of hydrogen-bond acceptors (Lipinski definition) is 5. The highest BCUT2D eigenvalue weighted by Gasteiger charge is 2.36. The lowest BCUT2D eigenvalue weighted by Crippen LogP contribution is -2.39. The third-order valence-corrected chi connectivity index (χ3v) is 9.80. The molecule has 0 atom stereocenters. The fourth-order valence-electron chi connectivity index (χ4n) is 5.64. The Morgan fingerprint density at radius 3 is 1.90 bits per heavy atom. The summed E-state index contributed by atoms with van der Waals surface area (Å²) in [7, 11) is 0. The minimum Gasteiger partial charge on any atom is -0.354 e. The van der Waals surface area contributed by atoms with E-state index in [0.717, 1.165) is 44.3 Å². The maximum absolute atomic E-state index is 11.8. The van der Waals surface area contributed by atoms with Crippen LogP contribution >= 0.6 is 24.4 Å². The standard InChI is InChI=1S/C34H45N3OS2/c1-29-18-23-36(24-19-29)21-11-22-37(25-20-35-33(38)28-39)26-27-40-34(30-12-5-2-6-13-30,31-14-7-3-8-15-31)32-16-9-4-10-17-32/h2-10,12-17,29,39H,11,18-28H2,1H3,(H,35,38). The van der Waals surface area contributed by atoms with Crippen molar-refractivity contribution >= 4 is 30.3 Å². The molecule has 1 N–H and O–H groups in total. The van der Waals surface area contributed by atoms with Crippen LogP contribution in [0.2, 0.25) is 0 Å². The molecule has 1 aliphatic rings. The van der Waals surface area contributed by atoms with Crippen molar-refractivity contribution in [3.63, 3.8) is 0 Å². The second-order valence-electron chi connectivity index (χ2n) is 10.9. The number of benzene rings is 3. The molecule has 0 aromatic heterocycles. The largest absolute Gasteiger partial charge is 0.354 e. The van der Waals surface area contributed by atoms with Crippen molar-refractivity contribution in [1.82, 2.24) is 15.1 Å². The van der Waals surface area contributed by atoms with Gasteiger partial charge in [0, 0.05) is 25.4 Å². The number of amides is 1. The van der Waals surface area contributed by atoms with Gasteiger partial charge in [-0.25, -0.2) is 0 Å². The van der Waals surface area contributed by atoms with E-state index < -0.39 is 0 Å². The summed E-state index contributed by atoms with van der Waals surface area (Å²) in [4.78, 5) is 17.0. The second kappa shape index (κ2) is 16.3. The van der Waals surface area contributed by atoms with Crippen molar-refractivity contribution in [2.24, 2.45) is 5.92 Å². The van der Waals surface area contributed by atoms with Gasteiger partial charge in [-0.3, -0.25) is 4.79 Å². The number of nitrogens with one attached hydrogen (secondary N) is 1. The SMILES string of the molecule is CC1CCN(CCCN(CCNC(=O)CS)CCSC(c2ccccc2)(c2ccccc2)c2ccccc2)CC1. The predicted molar refractivity (Wildman–Crippen MR) is 174 cm³/mol. The predicted octanol–water partition coefficient (Wildman–Crippen LogP) is 6.18. The van der Waals surface area contributed by atoms with Gasteiger partial charge in [0.25, 0.3) is 0 Å². The van der Waals surface area contributed by atoms with Gasteiger partial charge in [-0.15, -0.1) is 11.8 Å². The van der Waals surface area contributed by atoms with E-state index in [-0.39, 0.29) is 16.4 Å². The van der Waals surface area contributed by atoms with Gasteiger partial charge in [0.05, 0.1) is 10.5 Å². The zero-order valence-electron chi connectivity index (χ0n) is 23.9. The molecule has 1 heterocycles. The lowest BCUT2D eigenvalue weighted by molar-refractivity contribution is -0.118. The summed E-state index contributed by atoms with van der Waals surface area (Å²) in [6.07, 6.45) is 3.79. The van der Waals surface area contributed by atoms with Crippen molar-refractivity contribution in [2.75, 3.05) is 57.3 Å². The van der Waals surface area contributed by atoms with Crippen LogP contribution in [-0.4, -0.2) is 73.0 Å². The first-order valence-electron chi connectivity index (χ1n) is 14.7. The molecule has 4 nitrogen and oxygen atoms in total. The Balaban J connectivity index is 1.49. The lowest BCUT2D eigenvalue weighted by atomic mass is 9.84. The summed E-state index contributed by atoms with van der Waals surface area (Å²) in [5.74, 6) is 2.06. The number of nitrogens with zero attached hydrogens (tertiary/aromatic N) is 2. The van der Waals surface area contributed by atoms with Gasteiger partial charge < -0.3 is 15.1 Å². The lowest BCUT2D eigenvalue weighted by Gasteiger charge is -2.36. The maximum Gasteiger partial charge on any atom is 0.229 e. The van der Waals surface area contributed by atoms with Crippen LogP contribution in [0.5, 0.6) is 0 Å². The molecule has 6 heteroatoms. The molecule has 1 saturated heterocycles. The maximum atomic E-state index is 11.8. The summed E-state index contributed by atoms with van der Waals surface area (Å²) >= 11 is 6.13. The van der Waals surface area contributed by atoms with Gasteiger partial charge in [-0.2, -0.15) is 12.6 Å². The number of carbonyl (C=O) groups excluding carboxylic acids is 1. The minimum absolute atomic E-state index is 0.00338. The Bertz CT molecular complexity index is 1030. The summed E-state index contributed by atoms with van der Waals surface area (Å²) in [5, 5.41) is 3.02. The molecule has 40 heavy (non-hydrogen) atoms. The van der Waals surface area contributed by atoms with Crippen LogP contribution in [0.4, 0.5) is 0 Å². The molecule has 0 unspecified atom stereocenters. The van der Waals surface area contributed by atoms with Crippen molar-refractivity contribution < 1.29 is 4.79 Å². The molecule has 3 aromatic carbocycles. The van der Waals surface area contributed by atoms with E-state index in [1.165, 1.54) is 42.6 Å². The molecule has 1 aliphatic heterocycles. The van der Waals surface area contributed by atoms with Gasteiger partial charge >= 0.3 is 0 Å². The summed E-state index contributed by atoms with van der Waals surface area (Å²) in [5.41, 5.74) is 3.89. The molecular formula is C34H45N3OS2. The zero-order valence-corrected chi connectivity index (χ0v) is 25.6. The van der Waals surface area contributed by atoms with E-state index in [0.29, 0.717) is 6.54 Å². The number of piperidine rings is 1. The van der Waals surface area contributed by atoms with Crippen LogP contribution in [0, 0.1) is 5.92 Å². The van der Waals surface area contributed by atoms with Crippen molar-refractivity contribution in [3.8, 4) is 0 Å². The van der Waals surface area contributed by atoms with Crippen LogP contribution in [0.3, 0.4) is 0 Å². The van der Waals surface area contributed by atoms with E-state index in [2.05, 4.69) is 126 Å². The number of carbonyl (C=O) groups is 1. The first-order valence-corrected chi connectivity index (χ1v) is 16.4. The number of hydrogen-bond donors (Lipinski definition) is 2. The van der Waals surface area contributed by atoms with E-state index in [4.69, 9.17) is 0 Å². The molecule has 1 amide bonds. The molecule has 0 spiro atoms. The van der Waals surface area contributed by atoms with E-state index >= 15 is 0 Å². The van der Waals surface area contributed by atoms with Gasteiger partial charge in [0.2, 0.25) is 5.91 Å². The zero-order chi connectivity index (χ0) is 28.0. The average Bonchev–Trinajstić information content (AvgIpc) is 3.01. The van der Waals surface area contributed by atoms with Gasteiger partial charge in [-0.1, -0.05) is 97.9 Å². The molecule has 3 aromatic rings. The normalized spacial score (nSPS) is 14.9. The Labute approximate surface area is 251 Å². The second-order valence-corrected chi connectivity index (χ2v) is 12.5. The highest BCUT2D eigenvalue weighted by molar-refractivity contribution is 8.00. The number of rotatable bonds is 15. The average molecular weight is 576 g/mol. The monoisotopic (exact) mass is 575 g/mol. The van der Waals surface area contributed by atoms with Crippen LogP contribution in [0.15, 0.2) is 91.0 Å². The van der Waals surface area contributed by atoms with Crippen molar-refractivity contribution in [2.45, 2.75) is 30.9 Å². The number of thiol groups is 1. The van der Waals surface area contributed by atoms with Crippen molar-refractivity contribution in [3.05, 3.63) is 108 Å². The molecular weight excluding hydrogens is 531 g/mol. The highest BCUT2D eigenvalue weighted by Crippen LogP contribution is 2.48. The minimum atomic E-state index is -0.305. The smallest absolute Gasteiger partial charge is 0.229 e. The summed E-state index contributed by atoms with van der Waals surface area (Å²) in [6, 6.07) is 32.7. The first kappa shape index (κ1) is 30.7. The van der Waals surface area contributed by atoms with Crippen LogP contribution < -0.4 is 5.32 Å². The molecule has 0 bridgehead atoms. The fourth-order valence-corrected chi connectivity index (χ4v) is 7.32. The van der Waals surface area contributed by atoms with Crippen LogP contribution in [-0.2, 0) is 9.54 Å². The quantitative estimate of drug-likeness (QED) is 0.168. The Morgan fingerprint density at radius 1 is 0.875 bits per heavy atom. The molecule has 1 fully saturated rings. The van der Waals surface area contributed by atoms with Crippen molar-refractivity contribution in [1.29, 1.82) is 0 Å². The number of thioether (sulfide) groups is 1. The van der Waals surface area contributed by atoms with Gasteiger partial charge in [0.15, 0.2) is 0 Å². The Morgan fingerprint density at radius 2 is 1.40 bits per heavy atom. The van der Waals surface area contributed by atoms with Crippen LogP contribution in [0.1, 0.15) is 42.9 Å². The number of likely N-dealkylation sites (tertiary alicyclic amines) is 1. The summed E-state index contributed by atoms with van der Waals surface area (Å²) in [6.45, 7) is 9.49. The topological polar surface area (TPSA) is 35.6 Å². The van der Waals surface area contributed by atoms with E-state index in [1.54, 1.807) is 0 Å². The van der Waals surface area contributed by atoms with Crippen LogP contribution in [0.25, 0.3) is 0 Å². The molecule has 0 aliphatic carbocycles. The van der Waals surface area contributed by atoms with Gasteiger partial charge in [-0.05, 0) is 68.0 Å². The third-order valence-electron chi connectivity index (χ3n) is 7.99. The Hall–Kier alpha value is -2.25. The van der Waals surface area contributed by atoms with E-state index in [1.807, 2.05) is 11.8 Å². The van der Waals surface area contributed by atoms with Gasteiger partial charge in [0.1, 0.15) is 0 Å². The molecule has 0 saturated carbocycles.